The minimum atomic E-state index is -3.54. The monoisotopic (exact) mass is 299 g/mol. The summed E-state index contributed by atoms with van der Waals surface area (Å²) in [5.41, 5.74) is 0.782. The van der Waals surface area contributed by atoms with Crippen molar-refractivity contribution >= 4 is 21.9 Å². The Balaban J connectivity index is 2.04. The van der Waals surface area contributed by atoms with Crippen LogP contribution in [-0.4, -0.2) is 36.7 Å². The second-order valence-corrected chi connectivity index (χ2v) is 6.06. The van der Waals surface area contributed by atoms with E-state index in [1.54, 1.807) is 6.07 Å². The number of aromatic nitrogens is 2. The molecule has 2 rings (SSSR count). The van der Waals surface area contributed by atoms with Crippen molar-refractivity contribution in [3.05, 3.63) is 23.5 Å². The highest BCUT2D eigenvalue weighted by atomic mass is 32.2. The number of carbonyl (C=O) groups is 2. The van der Waals surface area contributed by atoms with Gasteiger partial charge in [0, 0.05) is 6.42 Å². The van der Waals surface area contributed by atoms with E-state index in [9.17, 15) is 18.0 Å². The minimum absolute atomic E-state index is 0.207. The first kappa shape index (κ1) is 14.5. The van der Waals surface area contributed by atoms with E-state index in [1.807, 2.05) is 0 Å². The average molecular weight is 299 g/mol. The summed E-state index contributed by atoms with van der Waals surface area (Å²) in [4.78, 5) is 22.7. The van der Waals surface area contributed by atoms with Gasteiger partial charge in [-0.2, -0.15) is 18.6 Å². The van der Waals surface area contributed by atoms with Gasteiger partial charge in [-0.3, -0.25) is 19.1 Å². The highest BCUT2D eigenvalue weighted by Gasteiger charge is 2.29. The van der Waals surface area contributed by atoms with Crippen molar-refractivity contribution < 1.29 is 22.2 Å². The zero-order valence-electron chi connectivity index (χ0n) is 10.7. The molecule has 2 amide bonds. The summed E-state index contributed by atoms with van der Waals surface area (Å²) in [6.45, 7) is -0.207. The Morgan fingerprint density at radius 1 is 1.35 bits per heavy atom. The number of nitrogens with zero attached hydrogens (tertiary/aromatic N) is 2. The molecular weight excluding hydrogens is 286 g/mol. The molecule has 1 aliphatic heterocycles. The molecule has 1 fully saturated rings. The second-order valence-electron chi connectivity index (χ2n) is 4.42. The van der Waals surface area contributed by atoms with E-state index in [4.69, 9.17) is 0 Å². The molecule has 1 unspecified atom stereocenters. The lowest BCUT2D eigenvalue weighted by Crippen LogP contribution is -2.39. The van der Waals surface area contributed by atoms with Gasteiger partial charge in [0.1, 0.15) is 6.61 Å². The van der Waals surface area contributed by atoms with Crippen molar-refractivity contribution in [2.24, 2.45) is 0 Å². The van der Waals surface area contributed by atoms with E-state index in [-0.39, 0.29) is 18.9 Å². The Labute approximate surface area is 115 Å². The van der Waals surface area contributed by atoms with Crippen LogP contribution in [0.4, 0.5) is 0 Å². The molecule has 0 saturated carbocycles. The Bertz CT molecular complexity index is 626. The van der Waals surface area contributed by atoms with E-state index in [0.29, 0.717) is 17.8 Å². The second kappa shape index (κ2) is 5.63. The van der Waals surface area contributed by atoms with Crippen molar-refractivity contribution in [2.75, 3.05) is 6.26 Å². The Hall–Kier alpha value is -1.87. The quantitative estimate of drug-likeness (QED) is 0.587. The molecule has 1 N–H and O–H groups in total. The van der Waals surface area contributed by atoms with Gasteiger partial charge in [-0.25, -0.2) is 0 Å². The molecule has 0 aromatic carbocycles. The molecule has 8 nitrogen and oxygen atoms in total. The molecular formula is C11H13N3O5S. The molecule has 9 heteroatoms. The first-order valence-corrected chi connectivity index (χ1v) is 7.67. The van der Waals surface area contributed by atoms with Gasteiger partial charge in [0.05, 0.1) is 23.6 Å². The van der Waals surface area contributed by atoms with Crippen molar-refractivity contribution in [1.82, 2.24) is 15.5 Å². The zero-order chi connectivity index (χ0) is 14.8. The number of carbonyl (C=O) groups excluding carboxylic acids is 2. The van der Waals surface area contributed by atoms with Crippen molar-refractivity contribution in [1.29, 1.82) is 0 Å². The van der Waals surface area contributed by atoms with Crippen LogP contribution in [0.5, 0.6) is 0 Å². The molecule has 0 spiro atoms. The Kier molecular flexibility index (Phi) is 4.09. The largest absolute Gasteiger partial charge is 0.296 e. The summed E-state index contributed by atoms with van der Waals surface area (Å²) >= 11 is 0. The number of piperidine rings is 1. The van der Waals surface area contributed by atoms with Gasteiger partial charge in [0.2, 0.25) is 11.8 Å². The first-order chi connectivity index (χ1) is 9.35. The van der Waals surface area contributed by atoms with Gasteiger partial charge in [0.15, 0.2) is 0 Å². The van der Waals surface area contributed by atoms with Crippen molar-refractivity contribution in [3.63, 3.8) is 0 Å². The minimum Gasteiger partial charge on any atom is -0.296 e. The van der Waals surface area contributed by atoms with Crippen LogP contribution in [0.15, 0.2) is 12.1 Å². The maximum absolute atomic E-state index is 11.6. The number of hydrogen-bond donors (Lipinski definition) is 1. The number of rotatable bonds is 4. The fourth-order valence-electron chi connectivity index (χ4n) is 1.78. The molecule has 1 aliphatic rings. The maximum Gasteiger partial charge on any atom is 0.264 e. The predicted octanol–water partition coefficient (Wildman–Crippen LogP) is -0.527. The van der Waals surface area contributed by atoms with Gasteiger partial charge >= 0.3 is 0 Å². The topological polar surface area (TPSA) is 115 Å². The van der Waals surface area contributed by atoms with Crippen LogP contribution in [0.2, 0.25) is 0 Å². The van der Waals surface area contributed by atoms with E-state index < -0.39 is 21.9 Å². The lowest BCUT2D eigenvalue weighted by Gasteiger charge is -2.19. The molecule has 0 bridgehead atoms. The highest BCUT2D eigenvalue weighted by Crippen LogP contribution is 2.22. The lowest BCUT2D eigenvalue weighted by molar-refractivity contribution is -0.134. The van der Waals surface area contributed by atoms with Crippen LogP contribution < -0.4 is 5.32 Å². The Morgan fingerprint density at radius 2 is 2.10 bits per heavy atom. The van der Waals surface area contributed by atoms with E-state index in [2.05, 4.69) is 19.7 Å². The smallest absolute Gasteiger partial charge is 0.264 e. The lowest BCUT2D eigenvalue weighted by atomic mass is 9.94. The van der Waals surface area contributed by atoms with E-state index in [1.165, 1.54) is 6.07 Å². The molecule has 2 heterocycles. The van der Waals surface area contributed by atoms with Gasteiger partial charge in [0.25, 0.3) is 10.1 Å². The fourth-order valence-corrected chi connectivity index (χ4v) is 2.11. The van der Waals surface area contributed by atoms with Gasteiger partial charge in [-0.1, -0.05) is 0 Å². The molecule has 1 aromatic rings. The molecule has 20 heavy (non-hydrogen) atoms. The third-order valence-electron chi connectivity index (χ3n) is 2.76. The van der Waals surface area contributed by atoms with E-state index in [0.717, 1.165) is 6.26 Å². The van der Waals surface area contributed by atoms with Gasteiger partial charge in [-0.05, 0) is 18.6 Å². The number of amides is 2. The standard InChI is InChI=1S/C11H13N3O5S/c1-20(17,18)19-6-7-2-4-9(14-13-7)8-3-5-10(15)12-11(8)16/h2,4,8H,3,5-6H2,1H3,(H,12,15,16). The maximum atomic E-state index is 11.6. The number of nitrogens with one attached hydrogen (secondary N) is 1. The SMILES string of the molecule is CS(=O)(=O)OCc1ccc(C2CCC(=O)NC2=O)nn1. The van der Waals surface area contributed by atoms with Crippen LogP contribution >= 0.6 is 0 Å². The van der Waals surface area contributed by atoms with Crippen LogP contribution in [-0.2, 0) is 30.5 Å². The zero-order valence-corrected chi connectivity index (χ0v) is 11.5. The summed E-state index contributed by atoms with van der Waals surface area (Å²) < 4.78 is 26.3. The van der Waals surface area contributed by atoms with Crippen molar-refractivity contribution in [3.8, 4) is 0 Å². The molecule has 1 saturated heterocycles. The summed E-state index contributed by atoms with van der Waals surface area (Å²) in [6, 6.07) is 3.12. The molecule has 108 valence electrons. The Morgan fingerprint density at radius 3 is 2.65 bits per heavy atom. The first-order valence-electron chi connectivity index (χ1n) is 5.86. The third-order valence-corrected chi connectivity index (χ3v) is 3.30. The van der Waals surface area contributed by atoms with Crippen LogP contribution in [0, 0.1) is 0 Å². The summed E-state index contributed by atoms with van der Waals surface area (Å²) in [7, 11) is -3.54. The third kappa shape index (κ3) is 3.81. The number of hydrogen-bond acceptors (Lipinski definition) is 7. The number of imide groups is 1. The molecule has 1 aromatic heterocycles. The summed E-state index contributed by atoms with van der Waals surface area (Å²) in [5.74, 6) is -1.20. The summed E-state index contributed by atoms with van der Waals surface area (Å²) in [5, 5.41) is 9.93. The van der Waals surface area contributed by atoms with E-state index >= 15 is 0 Å². The normalized spacial score (nSPS) is 19.8. The van der Waals surface area contributed by atoms with Gasteiger partial charge in [-0.15, -0.1) is 0 Å². The molecule has 0 aliphatic carbocycles. The highest BCUT2D eigenvalue weighted by molar-refractivity contribution is 7.85. The van der Waals surface area contributed by atoms with Crippen LogP contribution in [0.3, 0.4) is 0 Å². The molecule has 1 atom stereocenters. The van der Waals surface area contributed by atoms with Crippen LogP contribution in [0.1, 0.15) is 30.1 Å². The average Bonchev–Trinajstić information content (AvgIpc) is 2.36. The summed E-state index contributed by atoms with van der Waals surface area (Å²) in [6.07, 6.45) is 1.59. The van der Waals surface area contributed by atoms with Crippen LogP contribution in [0.25, 0.3) is 0 Å². The van der Waals surface area contributed by atoms with Gasteiger partial charge < -0.3 is 0 Å². The molecule has 0 radical (unpaired) electrons. The fraction of sp³-hybridized carbons (Fsp3) is 0.455. The predicted molar refractivity (Wildman–Crippen MR) is 66.8 cm³/mol. The van der Waals surface area contributed by atoms with Crippen molar-refractivity contribution in [2.45, 2.75) is 25.4 Å².